The van der Waals surface area contributed by atoms with Gasteiger partial charge in [-0.1, -0.05) is 36.4 Å². The average Bonchev–Trinajstić information content (AvgIpc) is 2.47. The van der Waals surface area contributed by atoms with Crippen LogP contribution in [-0.4, -0.2) is 25.2 Å². The van der Waals surface area contributed by atoms with Crippen LogP contribution in [0.15, 0.2) is 30.3 Å². The smallest absolute Gasteiger partial charge is 0.327 e. The number of hydrogen-bond donors (Lipinski definition) is 0. The summed E-state index contributed by atoms with van der Waals surface area (Å²) in [6.07, 6.45) is 3.66. The maximum absolute atomic E-state index is 12.3. The molecule has 0 bridgehead atoms. The molecule has 1 aliphatic rings. The Kier molecular flexibility index (Phi) is 4.23. The van der Waals surface area contributed by atoms with Gasteiger partial charge in [-0.25, -0.2) is 0 Å². The second-order valence-corrected chi connectivity index (χ2v) is 4.62. The highest BCUT2D eigenvalue weighted by atomic mass is 16.6. The first-order chi connectivity index (χ1) is 9.64. The van der Waals surface area contributed by atoms with E-state index >= 15 is 0 Å². The summed E-state index contributed by atoms with van der Waals surface area (Å²) in [7, 11) is 0. The molecule has 106 valence electrons. The zero-order valence-corrected chi connectivity index (χ0v) is 11.7. The van der Waals surface area contributed by atoms with Crippen LogP contribution in [0.3, 0.4) is 0 Å². The topological polar surface area (TPSA) is 52.6 Å². The first-order valence-electron chi connectivity index (χ1n) is 6.75. The minimum absolute atomic E-state index is 0.232. The number of carbonyl (C=O) groups excluding carboxylic acids is 2. The van der Waals surface area contributed by atoms with E-state index in [-0.39, 0.29) is 19.6 Å². The van der Waals surface area contributed by atoms with Crippen LogP contribution in [0.25, 0.3) is 6.08 Å². The summed E-state index contributed by atoms with van der Waals surface area (Å²) in [5.41, 5.74) is 0.591. The fourth-order valence-electron chi connectivity index (χ4n) is 2.33. The SMILES string of the molecule is CCOC(=O)C1(C(=O)OCC)C=Cc2ccccc2C1. The molecule has 0 saturated heterocycles. The van der Waals surface area contributed by atoms with Gasteiger partial charge in [0.25, 0.3) is 0 Å². The van der Waals surface area contributed by atoms with E-state index in [1.807, 2.05) is 24.3 Å². The third-order valence-electron chi connectivity index (χ3n) is 3.35. The number of esters is 2. The number of fused-ring (bicyclic) bond motifs is 1. The highest BCUT2D eigenvalue weighted by Crippen LogP contribution is 2.35. The second-order valence-electron chi connectivity index (χ2n) is 4.62. The van der Waals surface area contributed by atoms with E-state index in [4.69, 9.17) is 9.47 Å². The molecule has 0 radical (unpaired) electrons. The molecule has 0 aromatic heterocycles. The average molecular weight is 274 g/mol. The molecular formula is C16H18O4. The van der Waals surface area contributed by atoms with Crippen LogP contribution in [0.2, 0.25) is 0 Å². The zero-order chi connectivity index (χ0) is 14.6. The summed E-state index contributed by atoms with van der Waals surface area (Å²) < 4.78 is 10.2. The lowest BCUT2D eigenvalue weighted by molar-refractivity contribution is -0.168. The minimum Gasteiger partial charge on any atom is -0.465 e. The molecule has 2 rings (SSSR count). The number of hydrogen-bond acceptors (Lipinski definition) is 4. The second kappa shape index (κ2) is 5.90. The van der Waals surface area contributed by atoms with Crippen molar-refractivity contribution in [2.24, 2.45) is 5.41 Å². The normalized spacial score (nSPS) is 15.3. The van der Waals surface area contributed by atoms with Gasteiger partial charge in [0.15, 0.2) is 5.41 Å². The Labute approximate surface area is 118 Å². The lowest BCUT2D eigenvalue weighted by Gasteiger charge is -2.29. The lowest BCUT2D eigenvalue weighted by atomic mass is 9.76. The van der Waals surface area contributed by atoms with Crippen LogP contribution < -0.4 is 0 Å². The molecule has 4 nitrogen and oxygen atoms in total. The quantitative estimate of drug-likeness (QED) is 0.625. The largest absolute Gasteiger partial charge is 0.465 e. The van der Waals surface area contributed by atoms with Gasteiger partial charge in [-0.3, -0.25) is 9.59 Å². The Morgan fingerprint density at radius 1 is 1.10 bits per heavy atom. The summed E-state index contributed by atoms with van der Waals surface area (Å²) in [6, 6.07) is 7.67. The van der Waals surface area contributed by atoms with Gasteiger partial charge in [-0.05, 0) is 25.0 Å². The van der Waals surface area contributed by atoms with Gasteiger partial charge in [-0.15, -0.1) is 0 Å². The van der Waals surface area contributed by atoms with Crippen molar-refractivity contribution in [3.05, 3.63) is 41.5 Å². The fraction of sp³-hybridized carbons (Fsp3) is 0.375. The maximum atomic E-state index is 12.3. The predicted octanol–water partition coefficient (Wildman–Crippen LogP) is 2.37. The zero-order valence-electron chi connectivity index (χ0n) is 11.7. The van der Waals surface area contributed by atoms with E-state index < -0.39 is 17.4 Å². The summed E-state index contributed by atoms with van der Waals surface area (Å²) in [5.74, 6) is -1.10. The van der Waals surface area contributed by atoms with E-state index in [0.29, 0.717) is 0 Å². The van der Waals surface area contributed by atoms with E-state index in [0.717, 1.165) is 11.1 Å². The Morgan fingerprint density at radius 2 is 1.70 bits per heavy atom. The molecule has 1 aliphatic carbocycles. The van der Waals surface area contributed by atoms with Crippen molar-refractivity contribution in [1.82, 2.24) is 0 Å². The Bertz CT molecular complexity index is 527. The summed E-state index contributed by atoms with van der Waals surface area (Å²) >= 11 is 0. The number of benzene rings is 1. The van der Waals surface area contributed by atoms with Crippen molar-refractivity contribution < 1.29 is 19.1 Å². The highest BCUT2D eigenvalue weighted by molar-refractivity contribution is 6.04. The van der Waals surface area contributed by atoms with Crippen molar-refractivity contribution in [3.8, 4) is 0 Å². The van der Waals surface area contributed by atoms with Crippen LogP contribution in [0.5, 0.6) is 0 Å². The molecule has 0 unspecified atom stereocenters. The molecule has 0 fully saturated rings. The molecule has 0 amide bonds. The standard InChI is InChI=1S/C16H18O4/c1-3-19-14(17)16(15(18)20-4-2)10-9-12-7-5-6-8-13(12)11-16/h5-10H,3-4,11H2,1-2H3. The number of rotatable bonds is 4. The van der Waals surface area contributed by atoms with Crippen LogP contribution in [0, 0.1) is 5.41 Å². The Balaban J connectivity index is 2.41. The Hall–Kier alpha value is -2.10. The van der Waals surface area contributed by atoms with Gasteiger partial charge in [0.05, 0.1) is 13.2 Å². The molecule has 1 aromatic carbocycles. The Morgan fingerprint density at radius 3 is 2.30 bits per heavy atom. The van der Waals surface area contributed by atoms with Gasteiger partial charge < -0.3 is 9.47 Å². The van der Waals surface area contributed by atoms with Crippen LogP contribution >= 0.6 is 0 Å². The third kappa shape index (κ3) is 2.46. The molecular weight excluding hydrogens is 256 g/mol. The van der Waals surface area contributed by atoms with Gasteiger partial charge >= 0.3 is 11.9 Å². The van der Waals surface area contributed by atoms with Crippen molar-refractivity contribution in [1.29, 1.82) is 0 Å². The van der Waals surface area contributed by atoms with E-state index in [1.54, 1.807) is 26.0 Å². The van der Waals surface area contributed by atoms with E-state index in [2.05, 4.69) is 0 Å². The molecule has 0 aliphatic heterocycles. The van der Waals surface area contributed by atoms with Gasteiger partial charge in [0.2, 0.25) is 0 Å². The van der Waals surface area contributed by atoms with Gasteiger partial charge in [0, 0.05) is 6.42 Å². The van der Waals surface area contributed by atoms with E-state index in [9.17, 15) is 9.59 Å². The van der Waals surface area contributed by atoms with Gasteiger partial charge in [0.1, 0.15) is 0 Å². The lowest BCUT2D eigenvalue weighted by Crippen LogP contribution is -2.43. The molecule has 0 N–H and O–H groups in total. The molecule has 1 aromatic rings. The number of ether oxygens (including phenoxy) is 2. The molecule has 4 heteroatoms. The monoisotopic (exact) mass is 274 g/mol. The summed E-state index contributed by atoms with van der Waals surface area (Å²) in [4.78, 5) is 24.5. The van der Waals surface area contributed by atoms with Crippen molar-refractivity contribution in [2.75, 3.05) is 13.2 Å². The first-order valence-corrected chi connectivity index (χ1v) is 6.75. The van der Waals surface area contributed by atoms with Crippen molar-refractivity contribution in [2.45, 2.75) is 20.3 Å². The number of carbonyl (C=O) groups is 2. The molecule has 0 heterocycles. The van der Waals surface area contributed by atoms with E-state index in [1.165, 1.54) is 0 Å². The van der Waals surface area contributed by atoms with Crippen LogP contribution in [0.1, 0.15) is 25.0 Å². The molecule has 0 atom stereocenters. The summed E-state index contributed by atoms with van der Waals surface area (Å²) in [6.45, 7) is 3.90. The molecule has 20 heavy (non-hydrogen) atoms. The summed E-state index contributed by atoms with van der Waals surface area (Å²) in [5, 5.41) is 0. The minimum atomic E-state index is -1.36. The van der Waals surface area contributed by atoms with Crippen LogP contribution in [0.4, 0.5) is 0 Å². The fourth-order valence-corrected chi connectivity index (χ4v) is 2.33. The van der Waals surface area contributed by atoms with Crippen LogP contribution in [-0.2, 0) is 25.5 Å². The molecule has 0 spiro atoms. The predicted molar refractivity (Wildman–Crippen MR) is 74.9 cm³/mol. The first kappa shape index (κ1) is 14.3. The third-order valence-corrected chi connectivity index (χ3v) is 3.35. The van der Waals surface area contributed by atoms with Crippen molar-refractivity contribution >= 4 is 18.0 Å². The van der Waals surface area contributed by atoms with Crippen molar-refractivity contribution in [3.63, 3.8) is 0 Å². The highest BCUT2D eigenvalue weighted by Gasteiger charge is 2.48. The molecule has 0 saturated carbocycles. The maximum Gasteiger partial charge on any atom is 0.327 e. The van der Waals surface area contributed by atoms with Gasteiger partial charge in [-0.2, -0.15) is 0 Å².